The second-order valence-electron chi connectivity index (χ2n) is 6.64. The van der Waals surface area contributed by atoms with Gasteiger partial charge in [0.15, 0.2) is 5.78 Å². The summed E-state index contributed by atoms with van der Waals surface area (Å²) in [7, 11) is -3.71. The topological polar surface area (TPSA) is 59.4 Å². The Hall–Kier alpha value is -2.70. The van der Waals surface area contributed by atoms with E-state index in [1.807, 2.05) is 48.7 Å². The van der Waals surface area contributed by atoms with Gasteiger partial charge in [0, 0.05) is 30.5 Å². The van der Waals surface area contributed by atoms with E-state index >= 15 is 0 Å². The molecule has 0 saturated heterocycles. The fourth-order valence-corrected chi connectivity index (χ4v) is 5.17. The van der Waals surface area contributed by atoms with Gasteiger partial charge in [-0.3, -0.25) is 4.79 Å². The van der Waals surface area contributed by atoms with E-state index in [-0.39, 0.29) is 16.7 Å². The first kappa shape index (κ1) is 17.7. The third-order valence-electron chi connectivity index (χ3n) is 4.98. The van der Waals surface area contributed by atoms with Gasteiger partial charge in [0.05, 0.1) is 10.9 Å². The van der Waals surface area contributed by atoms with Crippen LogP contribution in [0.3, 0.4) is 0 Å². The molecule has 3 aromatic rings. The van der Waals surface area contributed by atoms with Gasteiger partial charge >= 0.3 is 0 Å². The average molecular weight is 380 g/mol. The van der Waals surface area contributed by atoms with Gasteiger partial charge in [-0.05, 0) is 36.8 Å². The monoisotopic (exact) mass is 380 g/mol. The zero-order valence-electron chi connectivity index (χ0n) is 14.9. The zero-order chi connectivity index (χ0) is 19.0. The highest BCUT2D eigenvalue weighted by molar-refractivity contribution is 7.89. The largest absolute Gasteiger partial charge is 0.348 e. The molecule has 2 heterocycles. The van der Waals surface area contributed by atoms with Crippen molar-refractivity contribution < 1.29 is 13.2 Å². The lowest BCUT2D eigenvalue weighted by Crippen LogP contribution is -2.42. The number of rotatable bonds is 4. The Labute approximate surface area is 158 Å². The van der Waals surface area contributed by atoms with Gasteiger partial charge in [-0.1, -0.05) is 42.5 Å². The van der Waals surface area contributed by atoms with Crippen LogP contribution in [0.25, 0.3) is 0 Å². The van der Waals surface area contributed by atoms with Gasteiger partial charge in [0.25, 0.3) is 0 Å². The van der Waals surface area contributed by atoms with Crippen molar-refractivity contribution in [2.75, 3.05) is 6.54 Å². The highest BCUT2D eigenvalue weighted by atomic mass is 32.2. The zero-order valence-corrected chi connectivity index (χ0v) is 15.8. The van der Waals surface area contributed by atoms with E-state index < -0.39 is 10.0 Å². The van der Waals surface area contributed by atoms with Crippen LogP contribution in [0.5, 0.6) is 0 Å². The molecule has 1 aromatic heterocycles. The molecule has 0 fully saturated rings. The number of carbonyl (C=O) groups is 1. The van der Waals surface area contributed by atoms with Crippen LogP contribution in [0.2, 0.25) is 0 Å². The first-order valence-electron chi connectivity index (χ1n) is 8.81. The molecule has 0 aliphatic carbocycles. The molecular weight excluding hydrogens is 360 g/mol. The maximum absolute atomic E-state index is 13.4. The lowest BCUT2D eigenvalue weighted by molar-refractivity contribution is 0.101. The minimum absolute atomic E-state index is 0.0862. The van der Waals surface area contributed by atoms with Crippen molar-refractivity contribution in [3.05, 3.63) is 89.7 Å². The Morgan fingerprint density at radius 3 is 2.30 bits per heavy atom. The summed E-state index contributed by atoms with van der Waals surface area (Å²) < 4.78 is 30.5. The number of carbonyl (C=O) groups excluding carboxylic acids is 1. The Balaban J connectivity index is 1.80. The van der Waals surface area contributed by atoms with E-state index in [1.165, 1.54) is 19.1 Å². The Morgan fingerprint density at radius 2 is 1.63 bits per heavy atom. The molecule has 4 rings (SSSR count). The second kappa shape index (κ2) is 6.79. The fraction of sp³-hybridized carbons (Fsp3) is 0.190. The quantitative estimate of drug-likeness (QED) is 0.651. The van der Waals surface area contributed by atoms with Gasteiger partial charge < -0.3 is 4.57 Å². The summed E-state index contributed by atoms with van der Waals surface area (Å²) in [6.45, 7) is 2.46. The molecule has 1 aliphatic heterocycles. The summed E-state index contributed by atoms with van der Waals surface area (Å²) in [4.78, 5) is 11.7. The molecule has 1 aliphatic rings. The van der Waals surface area contributed by atoms with E-state index in [4.69, 9.17) is 0 Å². The van der Waals surface area contributed by atoms with Crippen LogP contribution in [0.4, 0.5) is 0 Å². The molecule has 1 atom stereocenters. The van der Waals surface area contributed by atoms with Crippen LogP contribution >= 0.6 is 0 Å². The van der Waals surface area contributed by atoms with Crippen molar-refractivity contribution in [2.45, 2.75) is 24.4 Å². The third kappa shape index (κ3) is 3.11. The molecule has 2 aromatic carbocycles. The van der Waals surface area contributed by atoms with Crippen LogP contribution in [-0.2, 0) is 16.6 Å². The van der Waals surface area contributed by atoms with E-state index in [0.717, 1.165) is 11.3 Å². The van der Waals surface area contributed by atoms with Gasteiger partial charge in [-0.2, -0.15) is 4.31 Å². The molecule has 27 heavy (non-hydrogen) atoms. The lowest BCUT2D eigenvalue weighted by Gasteiger charge is -2.36. The van der Waals surface area contributed by atoms with Crippen LogP contribution in [-0.4, -0.2) is 29.6 Å². The van der Waals surface area contributed by atoms with Crippen LogP contribution in [0.15, 0.2) is 77.8 Å². The summed E-state index contributed by atoms with van der Waals surface area (Å²) >= 11 is 0. The molecule has 6 heteroatoms. The smallest absolute Gasteiger partial charge is 0.244 e. The van der Waals surface area contributed by atoms with E-state index in [2.05, 4.69) is 4.57 Å². The van der Waals surface area contributed by atoms with Crippen molar-refractivity contribution in [2.24, 2.45) is 0 Å². The first-order valence-corrected chi connectivity index (χ1v) is 10.3. The number of nitrogens with zero attached hydrogens (tertiary/aromatic N) is 2. The van der Waals surface area contributed by atoms with Crippen molar-refractivity contribution in [3.8, 4) is 0 Å². The second-order valence-corrected chi connectivity index (χ2v) is 8.53. The number of fused-ring (bicyclic) bond motifs is 1. The molecule has 0 amide bonds. The molecule has 138 valence electrons. The molecule has 0 radical (unpaired) electrons. The highest BCUT2D eigenvalue weighted by Gasteiger charge is 2.37. The predicted octanol–water partition coefficient (Wildman–Crippen LogP) is 3.48. The van der Waals surface area contributed by atoms with Gasteiger partial charge in [0.2, 0.25) is 10.0 Å². The minimum atomic E-state index is -3.71. The Bertz CT molecular complexity index is 1070. The summed E-state index contributed by atoms with van der Waals surface area (Å²) in [5, 5.41) is 0. The summed E-state index contributed by atoms with van der Waals surface area (Å²) in [5.74, 6) is -0.0862. The van der Waals surface area contributed by atoms with E-state index in [9.17, 15) is 13.2 Å². The maximum Gasteiger partial charge on any atom is 0.244 e. The number of benzene rings is 2. The van der Waals surface area contributed by atoms with Crippen molar-refractivity contribution >= 4 is 15.8 Å². The number of aromatic nitrogens is 1. The molecular formula is C21H20N2O3S. The molecule has 0 unspecified atom stereocenters. The molecule has 0 spiro atoms. The van der Waals surface area contributed by atoms with Crippen molar-refractivity contribution in [1.29, 1.82) is 0 Å². The molecule has 0 saturated carbocycles. The van der Waals surface area contributed by atoms with Crippen LogP contribution in [0, 0.1) is 0 Å². The standard InChI is InChI=1S/C21H20N2O3S/c1-16(24)17-9-11-19(12-10-17)27(25,26)23-15-14-22-13-5-8-20(22)21(23)18-6-3-2-4-7-18/h2-13,21H,14-15H2,1H3/t21-/m1/s1. The third-order valence-corrected chi connectivity index (χ3v) is 6.86. The summed E-state index contributed by atoms with van der Waals surface area (Å²) in [5.41, 5.74) is 2.39. The SMILES string of the molecule is CC(=O)c1ccc(S(=O)(=O)N2CCn3cccc3[C@H]2c2ccccc2)cc1. The Kier molecular flexibility index (Phi) is 4.45. The highest BCUT2D eigenvalue weighted by Crippen LogP contribution is 2.36. The Morgan fingerprint density at radius 1 is 0.926 bits per heavy atom. The van der Waals surface area contributed by atoms with E-state index in [0.29, 0.717) is 18.7 Å². The number of Topliss-reactive ketones (excluding diaryl/α,β-unsaturated/α-hetero) is 1. The number of ketones is 1. The maximum atomic E-state index is 13.4. The van der Waals surface area contributed by atoms with Gasteiger partial charge in [0.1, 0.15) is 0 Å². The minimum Gasteiger partial charge on any atom is -0.348 e. The molecule has 5 nitrogen and oxygen atoms in total. The van der Waals surface area contributed by atoms with Crippen LogP contribution < -0.4 is 0 Å². The first-order chi connectivity index (χ1) is 13.0. The van der Waals surface area contributed by atoms with Gasteiger partial charge in [-0.25, -0.2) is 8.42 Å². The molecule has 0 bridgehead atoms. The number of hydrogen-bond acceptors (Lipinski definition) is 3. The number of hydrogen-bond donors (Lipinski definition) is 0. The summed E-state index contributed by atoms with van der Waals surface area (Å²) in [6.07, 6.45) is 1.98. The summed E-state index contributed by atoms with van der Waals surface area (Å²) in [6, 6.07) is 19.4. The lowest BCUT2D eigenvalue weighted by atomic mass is 10.0. The molecule has 0 N–H and O–H groups in total. The fourth-order valence-electron chi connectivity index (χ4n) is 3.59. The average Bonchev–Trinajstić information content (AvgIpc) is 3.16. The predicted molar refractivity (Wildman–Crippen MR) is 103 cm³/mol. The van der Waals surface area contributed by atoms with Gasteiger partial charge in [-0.15, -0.1) is 0 Å². The van der Waals surface area contributed by atoms with Crippen LogP contribution in [0.1, 0.15) is 34.6 Å². The number of sulfonamides is 1. The van der Waals surface area contributed by atoms with E-state index in [1.54, 1.807) is 16.4 Å². The normalized spacial score (nSPS) is 17.4. The van der Waals surface area contributed by atoms with Crippen molar-refractivity contribution in [3.63, 3.8) is 0 Å². The van der Waals surface area contributed by atoms with Crippen molar-refractivity contribution in [1.82, 2.24) is 8.87 Å².